The molecule has 0 saturated heterocycles. The molecule has 2 aromatic rings. The van der Waals surface area contributed by atoms with E-state index in [1.165, 1.54) is 22.5 Å². The van der Waals surface area contributed by atoms with Crippen molar-refractivity contribution in [1.29, 1.82) is 0 Å². The van der Waals surface area contributed by atoms with E-state index < -0.39 is 6.10 Å². The van der Waals surface area contributed by atoms with Crippen LogP contribution in [-0.4, -0.2) is 12.2 Å². The first-order valence-electron chi connectivity index (χ1n) is 6.62. The van der Waals surface area contributed by atoms with Gasteiger partial charge in [0.1, 0.15) is 11.9 Å². The van der Waals surface area contributed by atoms with E-state index in [0.717, 1.165) is 29.0 Å². The van der Waals surface area contributed by atoms with Crippen molar-refractivity contribution in [3.63, 3.8) is 0 Å². The van der Waals surface area contributed by atoms with Gasteiger partial charge in [-0.1, -0.05) is 32.0 Å². The highest BCUT2D eigenvalue weighted by Crippen LogP contribution is 2.36. The van der Waals surface area contributed by atoms with Crippen LogP contribution in [0.5, 0.6) is 5.75 Å². The fraction of sp³-hybridized carbons (Fsp3) is 0.375. The Hall–Kier alpha value is -1.32. The number of thiophene rings is 1. The topological polar surface area (TPSA) is 29.5 Å². The minimum absolute atomic E-state index is 0.601. The minimum Gasteiger partial charge on any atom is -0.495 e. The molecular weight excluding hydrogens is 256 g/mol. The van der Waals surface area contributed by atoms with Gasteiger partial charge < -0.3 is 9.84 Å². The Morgan fingerprint density at radius 3 is 2.63 bits per heavy atom. The zero-order chi connectivity index (χ0) is 13.8. The third kappa shape index (κ3) is 2.82. The van der Waals surface area contributed by atoms with Crippen molar-refractivity contribution < 1.29 is 9.84 Å². The summed E-state index contributed by atoms with van der Waals surface area (Å²) >= 11 is 1.53. The van der Waals surface area contributed by atoms with Crippen molar-refractivity contribution in [3.05, 3.63) is 51.2 Å². The van der Waals surface area contributed by atoms with Gasteiger partial charge in [-0.15, -0.1) is 11.3 Å². The molecule has 102 valence electrons. The van der Waals surface area contributed by atoms with E-state index in [-0.39, 0.29) is 0 Å². The molecule has 0 amide bonds. The van der Waals surface area contributed by atoms with Gasteiger partial charge in [0, 0.05) is 0 Å². The van der Waals surface area contributed by atoms with E-state index in [0.29, 0.717) is 0 Å². The van der Waals surface area contributed by atoms with Crippen LogP contribution in [0.3, 0.4) is 0 Å². The van der Waals surface area contributed by atoms with Crippen LogP contribution in [0.4, 0.5) is 0 Å². The Bertz CT molecular complexity index is 545. The van der Waals surface area contributed by atoms with E-state index in [4.69, 9.17) is 4.74 Å². The molecule has 2 rings (SSSR count). The maximum atomic E-state index is 10.7. The van der Waals surface area contributed by atoms with E-state index in [2.05, 4.69) is 32.0 Å². The van der Waals surface area contributed by atoms with Crippen molar-refractivity contribution in [2.24, 2.45) is 0 Å². The number of ether oxygens (including phenoxy) is 1. The Kier molecular flexibility index (Phi) is 4.61. The molecule has 0 aliphatic carbocycles. The third-order valence-corrected chi connectivity index (χ3v) is 4.37. The first-order chi connectivity index (χ1) is 9.21. The molecular formula is C16H20O2S. The second kappa shape index (κ2) is 6.22. The standard InChI is InChI=1S/C16H20O2S/c1-4-11-6-7-12(5-2)13(10-11)15(17)16-14(18-3)8-9-19-16/h6-10,15,17H,4-5H2,1-3H3. The maximum Gasteiger partial charge on any atom is 0.135 e. The van der Waals surface area contributed by atoms with Crippen LogP contribution in [0, 0.1) is 0 Å². The molecule has 1 unspecified atom stereocenters. The van der Waals surface area contributed by atoms with Crippen LogP contribution in [0.15, 0.2) is 29.6 Å². The molecule has 0 aliphatic heterocycles. The summed E-state index contributed by atoms with van der Waals surface area (Å²) in [5, 5.41) is 12.6. The van der Waals surface area contributed by atoms with Crippen LogP contribution >= 0.6 is 11.3 Å². The monoisotopic (exact) mass is 276 g/mol. The van der Waals surface area contributed by atoms with Crippen molar-refractivity contribution in [2.75, 3.05) is 7.11 Å². The van der Waals surface area contributed by atoms with Gasteiger partial charge in [0.2, 0.25) is 0 Å². The van der Waals surface area contributed by atoms with Gasteiger partial charge in [-0.05, 0) is 41.0 Å². The molecule has 1 aromatic heterocycles. The highest BCUT2D eigenvalue weighted by atomic mass is 32.1. The zero-order valence-corrected chi connectivity index (χ0v) is 12.5. The first-order valence-corrected chi connectivity index (χ1v) is 7.50. The number of methoxy groups -OCH3 is 1. The summed E-state index contributed by atoms with van der Waals surface area (Å²) < 4.78 is 5.31. The van der Waals surface area contributed by atoms with Gasteiger partial charge in [0.15, 0.2) is 0 Å². The number of aliphatic hydroxyl groups excluding tert-OH is 1. The lowest BCUT2D eigenvalue weighted by atomic mass is 9.96. The van der Waals surface area contributed by atoms with Crippen molar-refractivity contribution >= 4 is 11.3 Å². The van der Waals surface area contributed by atoms with Crippen molar-refractivity contribution in [2.45, 2.75) is 32.8 Å². The van der Waals surface area contributed by atoms with Crippen LogP contribution in [0.2, 0.25) is 0 Å². The second-order valence-corrected chi connectivity index (χ2v) is 5.44. The molecule has 1 heterocycles. The average molecular weight is 276 g/mol. The Morgan fingerprint density at radius 2 is 2.00 bits per heavy atom. The molecule has 0 fully saturated rings. The lowest BCUT2D eigenvalue weighted by molar-refractivity contribution is 0.218. The van der Waals surface area contributed by atoms with E-state index in [1.807, 2.05) is 11.4 Å². The maximum absolute atomic E-state index is 10.7. The first kappa shape index (κ1) is 14.1. The van der Waals surface area contributed by atoms with Gasteiger partial charge >= 0.3 is 0 Å². The second-order valence-electron chi connectivity index (χ2n) is 4.50. The largest absolute Gasteiger partial charge is 0.495 e. The van der Waals surface area contributed by atoms with E-state index in [9.17, 15) is 5.11 Å². The number of aliphatic hydroxyl groups is 1. The lowest BCUT2D eigenvalue weighted by Gasteiger charge is -2.16. The molecule has 3 heteroatoms. The molecule has 0 radical (unpaired) electrons. The zero-order valence-electron chi connectivity index (χ0n) is 11.6. The smallest absolute Gasteiger partial charge is 0.135 e. The SMILES string of the molecule is CCc1ccc(CC)c(C(O)c2sccc2OC)c1. The minimum atomic E-state index is -0.601. The number of hydrogen-bond donors (Lipinski definition) is 1. The van der Waals surface area contributed by atoms with Crippen molar-refractivity contribution in [3.8, 4) is 5.75 Å². The average Bonchev–Trinajstić information content (AvgIpc) is 2.94. The molecule has 0 bridgehead atoms. The highest BCUT2D eigenvalue weighted by Gasteiger charge is 2.19. The fourth-order valence-electron chi connectivity index (χ4n) is 2.26. The fourth-order valence-corrected chi connectivity index (χ4v) is 3.12. The summed E-state index contributed by atoms with van der Waals surface area (Å²) in [5.41, 5.74) is 3.45. The predicted octanol–water partition coefficient (Wildman–Crippen LogP) is 3.96. The predicted molar refractivity (Wildman–Crippen MR) is 80.1 cm³/mol. The Labute approximate surface area is 118 Å². The molecule has 0 aliphatic rings. The molecule has 1 aromatic carbocycles. The van der Waals surface area contributed by atoms with Gasteiger partial charge in [-0.25, -0.2) is 0 Å². The normalized spacial score (nSPS) is 12.4. The van der Waals surface area contributed by atoms with Gasteiger partial charge in [-0.2, -0.15) is 0 Å². The van der Waals surface area contributed by atoms with E-state index >= 15 is 0 Å². The van der Waals surface area contributed by atoms with Crippen LogP contribution in [0.25, 0.3) is 0 Å². The van der Waals surface area contributed by atoms with Crippen LogP contribution in [0.1, 0.15) is 41.5 Å². The van der Waals surface area contributed by atoms with Crippen molar-refractivity contribution in [1.82, 2.24) is 0 Å². The molecule has 0 spiro atoms. The van der Waals surface area contributed by atoms with Gasteiger partial charge in [0.25, 0.3) is 0 Å². The summed E-state index contributed by atoms with van der Waals surface area (Å²) in [6.45, 7) is 4.24. The molecule has 19 heavy (non-hydrogen) atoms. The number of hydrogen-bond acceptors (Lipinski definition) is 3. The lowest BCUT2D eigenvalue weighted by Crippen LogP contribution is -2.04. The molecule has 2 nitrogen and oxygen atoms in total. The summed E-state index contributed by atoms with van der Waals surface area (Å²) in [4.78, 5) is 0.880. The third-order valence-electron chi connectivity index (χ3n) is 3.42. The summed E-state index contributed by atoms with van der Waals surface area (Å²) in [7, 11) is 1.64. The Morgan fingerprint density at radius 1 is 1.21 bits per heavy atom. The quantitative estimate of drug-likeness (QED) is 0.895. The molecule has 1 N–H and O–H groups in total. The van der Waals surface area contributed by atoms with Crippen LogP contribution in [-0.2, 0) is 12.8 Å². The Balaban J connectivity index is 2.45. The summed E-state index contributed by atoms with van der Waals surface area (Å²) in [5.74, 6) is 0.765. The number of benzene rings is 1. The van der Waals surface area contributed by atoms with E-state index in [1.54, 1.807) is 7.11 Å². The molecule has 0 saturated carbocycles. The molecule has 1 atom stereocenters. The van der Waals surface area contributed by atoms with Gasteiger partial charge in [0.05, 0.1) is 12.0 Å². The number of rotatable bonds is 5. The number of aryl methyl sites for hydroxylation is 2. The van der Waals surface area contributed by atoms with Gasteiger partial charge in [-0.3, -0.25) is 0 Å². The highest BCUT2D eigenvalue weighted by molar-refractivity contribution is 7.10. The summed E-state index contributed by atoms with van der Waals surface area (Å²) in [6, 6.07) is 8.28. The summed E-state index contributed by atoms with van der Waals surface area (Å²) in [6.07, 6.45) is 1.30. The van der Waals surface area contributed by atoms with Crippen LogP contribution < -0.4 is 4.74 Å².